The van der Waals surface area contributed by atoms with Crippen molar-refractivity contribution >= 4 is 49.7 Å². The Kier molecular flexibility index (Phi) is 8.71. The number of likely N-dealkylation sites (tertiary alicyclic amines) is 1. The van der Waals surface area contributed by atoms with E-state index in [-0.39, 0.29) is 23.1 Å². The molecule has 210 valence electrons. The summed E-state index contributed by atoms with van der Waals surface area (Å²) in [4.78, 5) is 6.86. The van der Waals surface area contributed by atoms with Crippen molar-refractivity contribution in [2.45, 2.75) is 31.3 Å². The van der Waals surface area contributed by atoms with E-state index in [0.717, 1.165) is 36.9 Å². The molecule has 0 spiro atoms. The van der Waals surface area contributed by atoms with E-state index in [1.165, 1.54) is 6.07 Å². The molecule has 0 amide bonds. The van der Waals surface area contributed by atoms with Gasteiger partial charge in [0.05, 0.1) is 16.5 Å². The Morgan fingerprint density at radius 2 is 1.77 bits per heavy atom. The lowest BCUT2D eigenvalue weighted by Crippen LogP contribution is -2.32. The van der Waals surface area contributed by atoms with Crippen molar-refractivity contribution in [2.75, 3.05) is 31.5 Å². The van der Waals surface area contributed by atoms with Gasteiger partial charge in [0.25, 0.3) is 10.0 Å². The lowest BCUT2D eigenvalue weighted by molar-refractivity contribution is 0.160. The average Bonchev–Trinajstić information content (AvgIpc) is 2.94. The van der Waals surface area contributed by atoms with Crippen LogP contribution in [0.3, 0.4) is 0 Å². The van der Waals surface area contributed by atoms with Gasteiger partial charge in [-0.25, -0.2) is 13.4 Å². The maximum absolute atomic E-state index is 13.5. The Morgan fingerprint density at radius 3 is 2.58 bits per heavy atom. The topological polar surface area (TPSA) is 80.8 Å². The summed E-state index contributed by atoms with van der Waals surface area (Å²) < 4.78 is 41.8. The van der Waals surface area contributed by atoms with E-state index in [4.69, 9.17) is 32.7 Å². The molecule has 1 aliphatic rings. The number of pyridine rings is 1. The zero-order valence-corrected chi connectivity index (χ0v) is 24.7. The summed E-state index contributed by atoms with van der Waals surface area (Å²) in [6.07, 6.45) is 3.85. The van der Waals surface area contributed by atoms with Crippen LogP contribution in [0.1, 0.15) is 24.0 Å². The van der Waals surface area contributed by atoms with Crippen molar-refractivity contribution in [3.05, 3.63) is 88.0 Å². The summed E-state index contributed by atoms with van der Waals surface area (Å²) in [5.74, 6) is 1.25. The van der Waals surface area contributed by atoms with Crippen molar-refractivity contribution in [1.29, 1.82) is 0 Å². The number of nitrogens with one attached hydrogen (secondary N) is 1. The number of nitrogens with zero attached hydrogens (tertiary/aromatic N) is 2. The summed E-state index contributed by atoms with van der Waals surface area (Å²) in [7, 11) is -1.86. The third-order valence-electron chi connectivity index (χ3n) is 7.19. The second-order valence-corrected chi connectivity index (χ2v) is 12.6. The minimum absolute atomic E-state index is 0.0861. The highest BCUT2D eigenvalue weighted by molar-refractivity contribution is 7.92. The highest BCUT2D eigenvalue weighted by Crippen LogP contribution is 2.35. The molecule has 4 aromatic rings. The van der Waals surface area contributed by atoms with Gasteiger partial charge in [-0.1, -0.05) is 59.6 Å². The van der Waals surface area contributed by atoms with E-state index in [2.05, 4.69) is 21.7 Å². The quantitative estimate of drug-likeness (QED) is 0.224. The van der Waals surface area contributed by atoms with Gasteiger partial charge in [0, 0.05) is 22.0 Å². The molecule has 10 heteroatoms. The van der Waals surface area contributed by atoms with Crippen molar-refractivity contribution < 1.29 is 17.9 Å². The van der Waals surface area contributed by atoms with Crippen molar-refractivity contribution in [2.24, 2.45) is 5.92 Å². The van der Waals surface area contributed by atoms with Gasteiger partial charge < -0.3 is 14.4 Å². The molecule has 0 bridgehead atoms. The summed E-state index contributed by atoms with van der Waals surface area (Å²) in [5.41, 5.74) is 1.53. The molecule has 40 heavy (non-hydrogen) atoms. The Balaban J connectivity index is 1.38. The number of ether oxygens (including phenoxy) is 2. The zero-order chi connectivity index (χ0) is 28.3. The highest BCUT2D eigenvalue weighted by atomic mass is 35.5. The second kappa shape index (κ2) is 12.2. The monoisotopic (exact) mass is 599 g/mol. The number of fused-ring (bicyclic) bond motifs is 1. The van der Waals surface area contributed by atoms with Crippen LogP contribution in [0.5, 0.6) is 11.6 Å². The van der Waals surface area contributed by atoms with Gasteiger partial charge in [-0.2, -0.15) is 0 Å². The minimum atomic E-state index is -3.99. The predicted octanol–water partition coefficient (Wildman–Crippen LogP) is 6.95. The second-order valence-electron chi connectivity index (χ2n) is 10.1. The Hall–Kier alpha value is -3.04. The first-order valence-electron chi connectivity index (χ1n) is 13.1. The number of sulfonamides is 1. The Morgan fingerprint density at radius 1 is 1.00 bits per heavy atom. The Labute approximate surface area is 245 Å². The summed E-state index contributed by atoms with van der Waals surface area (Å²) in [6.45, 7) is 4.55. The SMILES string of the molecule is Cc1c(Cl)cccc1S(=O)(=O)Nc1c(OCc2ccc(Cl)c(OCC3CCN(C)CC3)c2)ncc2ccccc12. The van der Waals surface area contributed by atoms with E-state index in [1.54, 1.807) is 31.3 Å². The third-order valence-corrected chi connectivity index (χ3v) is 9.41. The lowest BCUT2D eigenvalue weighted by atomic mass is 9.98. The standard InChI is InChI=1S/C30H31Cl2N3O4S/c1-20-25(31)8-5-9-28(20)40(36,37)34-29-24-7-4-3-6-23(24)17-33-30(29)39-19-22-10-11-26(32)27(16-22)38-18-21-12-14-35(2)15-13-21/h3-11,16-17,21,34H,12-15,18-19H2,1-2H3. The number of halogens is 2. The smallest absolute Gasteiger partial charge is 0.262 e. The van der Waals surface area contributed by atoms with Crippen LogP contribution < -0.4 is 14.2 Å². The maximum atomic E-state index is 13.5. The molecule has 2 heterocycles. The van der Waals surface area contributed by atoms with E-state index in [1.807, 2.05) is 36.4 Å². The highest BCUT2D eigenvalue weighted by Gasteiger charge is 2.23. The van der Waals surface area contributed by atoms with E-state index in [0.29, 0.717) is 39.3 Å². The van der Waals surface area contributed by atoms with Gasteiger partial charge in [0.2, 0.25) is 5.88 Å². The number of hydrogen-bond acceptors (Lipinski definition) is 6. The van der Waals surface area contributed by atoms with Crippen LogP contribution in [0.15, 0.2) is 71.8 Å². The number of rotatable bonds is 9. The van der Waals surface area contributed by atoms with Crippen LogP contribution in [-0.2, 0) is 16.6 Å². The first kappa shape index (κ1) is 28.5. The molecule has 0 radical (unpaired) electrons. The zero-order valence-electron chi connectivity index (χ0n) is 22.4. The number of benzene rings is 3. The van der Waals surface area contributed by atoms with Gasteiger partial charge in [0.1, 0.15) is 18.0 Å². The number of aromatic nitrogens is 1. The molecule has 0 aliphatic carbocycles. The first-order valence-corrected chi connectivity index (χ1v) is 15.3. The Bertz CT molecular complexity index is 1620. The molecule has 5 rings (SSSR count). The molecule has 0 unspecified atom stereocenters. The fraction of sp³-hybridized carbons (Fsp3) is 0.300. The van der Waals surface area contributed by atoms with E-state index >= 15 is 0 Å². The van der Waals surface area contributed by atoms with Crippen molar-refractivity contribution in [3.63, 3.8) is 0 Å². The molecular weight excluding hydrogens is 569 g/mol. The predicted molar refractivity (Wildman–Crippen MR) is 160 cm³/mol. The molecule has 0 atom stereocenters. The molecule has 1 saturated heterocycles. The van der Waals surface area contributed by atoms with Crippen molar-refractivity contribution in [3.8, 4) is 11.6 Å². The summed E-state index contributed by atoms with van der Waals surface area (Å²) in [6, 6.07) is 17.7. The van der Waals surface area contributed by atoms with Crippen LogP contribution in [0.4, 0.5) is 5.69 Å². The molecule has 1 aliphatic heterocycles. The first-order chi connectivity index (χ1) is 19.2. The number of piperidine rings is 1. The summed E-state index contributed by atoms with van der Waals surface area (Å²) >= 11 is 12.6. The molecule has 0 saturated carbocycles. The van der Waals surface area contributed by atoms with Crippen LogP contribution >= 0.6 is 23.2 Å². The molecule has 1 N–H and O–H groups in total. The molecule has 1 fully saturated rings. The van der Waals surface area contributed by atoms with Crippen LogP contribution in [-0.4, -0.2) is 45.0 Å². The molecular formula is C30H31Cl2N3O4S. The fourth-order valence-corrected chi connectivity index (χ4v) is 6.51. The third kappa shape index (κ3) is 6.47. The minimum Gasteiger partial charge on any atom is -0.492 e. The fourth-order valence-electron chi connectivity index (χ4n) is 4.76. The molecule has 1 aromatic heterocycles. The van der Waals surface area contributed by atoms with Gasteiger partial charge >= 0.3 is 0 Å². The number of hydrogen-bond donors (Lipinski definition) is 1. The molecule has 7 nitrogen and oxygen atoms in total. The largest absolute Gasteiger partial charge is 0.492 e. The van der Waals surface area contributed by atoms with Crippen LogP contribution in [0.25, 0.3) is 10.8 Å². The van der Waals surface area contributed by atoms with Gasteiger partial charge in [-0.05, 0) is 81.2 Å². The van der Waals surface area contributed by atoms with Gasteiger partial charge in [-0.15, -0.1) is 0 Å². The van der Waals surface area contributed by atoms with Crippen LogP contribution in [0.2, 0.25) is 10.0 Å². The normalized spacial score (nSPS) is 14.8. The van der Waals surface area contributed by atoms with E-state index < -0.39 is 10.0 Å². The summed E-state index contributed by atoms with van der Waals surface area (Å²) in [5, 5.41) is 2.33. The van der Waals surface area contributed by atoms with Crippen molar-refractivity contribution in [1.82, 2.24) is 9.88 Å². The molecule has 3 aromatic carbocycles. The number of anilines is 1. The average molecular weight is 601 g/mol. The van der Waals surface area contributed by atoms with Crippen LogP contribution in [0, 0.1) is 12.8 Å². The van der Waals surface area contributed by atoms with Gasteiger partial charge in [0.15, 0.2) is 0 Å². The maximum Gasteiger partial charge on any atom is 0.262 e. The lowest BCUT2D eigenvalue weighted by Gasteiger charge is -2.28. The van der Waals surface area contributed by atoms with E-state index in [9.17, 15) is 8.42 Å². The van der Waals surface area contributed by atoms with Gasteiger partial charge in [-0.3, -0.25) is 4.72 Å².